The van der Waals surface area contributed by atoms with Gasteiger partial charge in [0.25, 0.3) is 0 Å². The molecule has 3 aromatic rings. The van der Waals surface area contributed by atoms with Crippen molar-refractivity contribution in [1.82, 2.24) is 4.37 Å². The summed E-state index contributed by atoms with van der Waals surface area (Å²) in [5.41, 5.74) is 1.76. The Morgan fingerprint density at radius 2 is 1.92 bits per heavy atom. The number of carbonyl (C=O) groups is 1. The van der Waals surface area contributed by atoms with Crippen LogP contribution in [-0.4, -0.2) is 21.1 Å². The lowest BCUT2D eigenvalue weighted by Gasteiger charge is -2.23. The maximum Gasteiger partial charge on any atom is 0.347 e. The molecule has 6 heteroatoms. The highest BCUT2D eigenvalue weighted by Gasteiger charge is 2.31. The van der Waals surface area contributed by atoms with Crippen molar-refractivity contribution in [3.63, 3.8) is 0 Å². The number of rotatable bonds is 4. The van der Waals surface area contributed by atoms with Gasteiger partial charge in [0.05, 0.1) is 17.0 Å². The number of aryl methyl sites for hydroxylation is 1. The molecular weight excluding hydrogens is 336 g/mol. The summed E-state index contributed by atoms with van der Waals surface area (Å²) in [6.07, 6.45) is 0. The molecule has 0 radical (unpaired) electrons. The lowest BCUT2D eigenvalue weighted by molar-refractivity contribution is -0.152. The van der Waals surface area contributed by atoms with E-state index in [1.807, 2.05) is 25.1 Å². The molecule has 0 fully saturated rings. The molecule has 0 saturated heterocycles. The van der Waals surface area contributed by atoms with E-state index in [2.05, 4.69) is 9.22 Å². The zero-order valence-electron chi connectivity index (χ0n) is 14.0. The van der Waals surface area contributed by atoms with Crippen molar-refractivity contribution in [2.75, 3.05) is 0 Å². The van der Waals surface area contributed by atoms with E-state index >= 15 is 0 Å². The smallest absolute Gasteiger partial charge is 0.347 e. The molecule has 0 aliphatic rings. The second kappa shape index (κ2) is 6.19. The highest BCUT2D eigenvalue weighted by molar-refractivity contribution is 7.14. The minimum Gasteiger partial charge on any atom is -0.478 e. The molecule has 126 valence electrons. The van der Waals surface area contributed by atoms with Crippen LogP contribution in [0.4, 0.5) is 5.69 Å². The van der Waals surface area contributed by atoms with E-state index in [4.69, 9.17) is 11.3 Å². The number of ether oxygens (including phenoxy) is 1. The molecule has 0 amide bonds. The van der Waals surface area contributed by atoms with Gasteiger partial charge in [-0.15, -0.1) is 0 Å². The van der Waals surface area contributed by atoms with Gasteiger partial charge in [-0.3, -0.25) is 0 Å². The topological polar surface area (TPSA) is 63.8 Å². The zero-order chi connectivity index (χ0) is 18.2. The molecule has 0 aliphatic carbocycles. The number of aromatic nitrogens is 1. The van der Waals surface area contributed by atoms with Crippen LogP contribution in [0.3, 0.4) is 0 Å². The van der Waals surface area contributed by atoms with E-state index in [1.54, 1.807) is 18.2 Å². The SMILES string of the molecule is [C-]#[N+]c1ccc(-c2c(OC(C)(C)C(=O)O)ccc3c(C)nsc23)cc1. The normalized spacial score (nSPS) is 11.3. The van der Waals surface area contributed by atoms with E-state index < -0.39 is 11.6 Å². The number of carboxylic acid groups (broad SMARTS) is 1. The van der Waals surface area contributed by atoms with Crippen LogP contribution in [0.1, 0.15) is 19.5 Å². The first kappa shape index (κ1) is 16.9. The molecule has 3 rings (SSSR count). The van der Waals surface area contributed by atoms with Crippen LogP contribution in [0.15, 0.2) is 36.4 Å². The van der Waals surface area contributed by atoms with E-state index in [1.165, 1.54) is 25.4 Å². The maximum atomic E-state index is 11.5. The standard InChI is InChI=1S/C19H16N2O3S/c1-11-14-9-10-15(24-19(2,3)18(22)23)16(17(14)25-21-11)12-5-7-13(20-4)8-6-12/h5-10H,1-3H3,(H,22,23). The Balaban J connectivity index is 2.23. The molecule has 0 atom stereocenters. The molecule has 0 saturated carbocycles. The zero-order valence-corrected chi connectivity index (χ0v) is 14.8. The summed E-state index contributed by atoms with van der Waals surface area (Å²) in [7, 11) is 0. The molecule has 25 heavy (non-hydrogen) atoms. The van der Waals surface area contributed by atoms with Gasteiger partial charge in [0.2, 0.25) is 0 Å². The van der Waals surface area contributed by atoms with Crippen LogP contribution >= 0.6 is 11.5 Å². The Kier molecular flexibility index (Phi) is 4.19. The van der Waals surface area contributed by atoms with Gasteiger partial charge < -0.3 is 9.84 Å². The summed E-state index contributed by atoms with van der Waals surface area (Å²) in [6, 6.07) is 10.9. The van der Waals surface area contributed by atoms with Crippen molar-refractivity contribution in [3.05, 3.63) is 53.5 Å². The van der Waals surface area contributed by atoms with Crippen molar-refractivity contribution >= 4 is 33.3 Å². The van der Waals surface area contributed by atoms with Gasteiger partial charge in [-0.2, -0.15) is 4.37 Å². The summed E-state index contributed by atoms with van der Waals surface area (Å²) < 4.78 is 11.2. The minimum atomic E-state index is -1.36. The number of fused-ring (bicyclic) bond motifs is 1. The number of hydrogen-bond donors (Lipinski definition) is 1. The summed E-state index contributed by atoms with van der Waals surface area (Å²) in [5, 5.41) is 10.4. The number of aliphatic carboxylic acids is 1. The molecule has 1 N–H and O–H groups in total. The van der Waals surface area contributed by atoms with Gasteiger partial charge in [0, 0.05) is 10.9 Å². The van der Waals surface area contributed by atoms with Crippen molar-refractivity contribution in [2.24, 2.45) is 0 Å². The molecule has 2 aromatic carbocycles. The third-order valence-corrected chi connectivity index (χ3v) is 4.92. The summed E-state index contributed by atoms with van der Waals surface area (Å²) in [4.78, 5) is 14.9. The Hall–Kier alpha value is -2.91. The van der Waals surface area contributed by atoms with E-state index in [0.717, 1.165) is 26.9 Å². The quantitative estimate of drug-likeness (QED) is 0.666. The molecule has 0 bridgehead atoms. The average molecular weight is 352 g/mol. The van der Waals surface area contributed by atoms with Gasteiger partial charge in [-0.25, -0.2) is 9.64 Å². The van der Waals surface area contributed by atoms with Crippen molar-refractivity contribution < 1.29 is 14.6 Å². The molecule has 1 aromatic heterocycles. The minimum absolute atomic E-state index is 0.485. The van der Waals surface area contributed by atoms with Gasteiger partial charge in [-0.05, 0) is 50.0 Å². The summed E-state index contributed by atoms with van der Waals surface area (Å²) in [5.74, 6) is -0.554. The number of nitrogens with zero attached hydrogens (tertiary/aromatic N) is 2. The fourth-order valence-electron chi connectivity index (χ4n) is 2.49. The lowest BCUT2D eigenvalue weighted by Crippen LogP contribution is -2.38. The Morgan fingerprint density at radius 1 is 1.24 bits per heavy atom. The molecule has 0 spiro atoms. The van der Waals surface area contributed by atoms with Crippen LogP contribution in [0, 0.1) is 13.5 Å². The number of carboxylic acids is 1. The summed E-state index contributed by atoms with van der Waals surface area (Å²) in [6.45, 7) is 12.1. The van der Waals surface area contributed by atoms with E-state index in [9.17, 15) is 9.90 Å². The second-order valence-electron chi connectivity index (χ2n) is 6.16. The average Bonchev–Trinajstić information content (AvgIpc) is 2.95. The first-order valence-electron chi connectivity index (χ1n) is 7.63. The number of hydrogen-bond acceptors (Lipinski definition) is 4. The van der Waals surface area contributed by atoms with Gasteiger partial charge in [0.1, 0.15) is 5.75 Å². The highest BCUT2D eigenvalue weighted by Crippen LogP contribution is 2.41. The Labute approximate surface area is 149 Å². The maximum absolute atomic E-state index is 11.5. The van der Waals surface area contributed by atoms with Crippen LogP contribution in [0.2, 0.25) is 0 Å². The van der Waals surface area contributed by atoms with Crippen molar-refractivity contribution in [1.29, 1.82) is 0 Å². The van der Waals surface area contributed by atoms with Crippen LogP contribution in [0.5, 0.6) is 5.75 Å². The third-order valence-electron chi connectivity index (χ3n) is 3.95. The van der Waals surface area contributed by atoms with Gasteiger partial charge >= 0.3 is 5.97 Å². The Morgan fingerprint density at radius 3 is 2.52 bits per heavy atom. The first-order valence-corrected chi connectivity index (χ1v) is 8.40. The third kappa shape index (κ3) is 3.06. The predicted molar refractivity (Wildman–Crippen MR) is 98.4 cm³/mol. The lowest BCUT2D eigenvalue weighted by atomic mass is 10.0. The van der Waals surface area contributed by atoms with E-state index in [0.29, 0.717) is 11.4 Å². The molecule has 0 aliphatic heterocycles. The molecule has 1 heterocycles. The largest absolute Gasteiger partial charge is 0.478 e. The van der Waals surface area contributed by atoms with Crippen molar-refractivity contribution in [2.45, 2.75) is 26.4 Å². The Bertz CT molecular complexity index is 998. The van der Waals surface area contributed by atoms with E-state index in [-0.39, 0.29) is 0 Å². The molecule has 5 nitrogen and oxygen atoms in total. The van der Waals surface area contributed by atoms with Gasteiger partial charge in [0.15, 0.2) is 11.3 Å². The van der Waals surface area contributed by atoms with Crippen LogP contribution < -0.4 is 4.74 Å². The fourth-order valence-corrected chi connectivity index (χ4v) is 3.44. The summed E-state index contributed by atoms with van der Waals surface area (Å²) >= 11 is 1.36. The predicted octanol–water partition coefficient (Wildman–Crippen LogP) is 5.06. The monoisotopic (exact) mass is 352 g/mol. The molecular formula is C19H16N2O3S. The first-order chi connectivity index (χ1) is 11.8. The van der Waals surface area contributed by atoms with Crippen molar-refractivity contribution in [3.8, 4) is 16.9 Å². The van der Waals surface area contributed by atoms with Crippen LogP contribution in [-0.2, 0) is 4.79 Å². The molecule has 0 unspecified atom stereocenters. The second-order valence-corrected chi connectivity index (χ2v) is 6.93. The van der Waals surface area contributed by atoms with Gasteiger partial charge in [-0.1, -0.05) is 24.3 Å². The fraction of sp³-hybridized carbons (Fsp3) is 0.211. The highest BCUT2D eigenvalue weighted by atomic mass is 32.1. The van der Waals surface area contributed by atoms with Crippen LogP contribution in [0.25, 0.3) is 26.1 Å². The number of benzene rings is 2.